The zero-order chi connectivity index (χ0) is 26.8. The third kappa shape index (κ3) is 5.16. The monoisotopic (exact) mass is 538 g/mol. The van der Waals surface area contributed by atoms with Crippen LogP contribution in [0.1, 0.15) is 32.2 Å². The predicted molar refractivity (Wildman–Crippen MR) is 161 cm³/mol. The molecule has 0 aliphatic carbocycles. The summed E-state index contributed by atoms with van der Waals surface area (Å²) in [6.45, 7) is 7.32. The van der Waals surface area contributed by atoms with Crippen molar-refractivity contribution in [2.75, 3.05) is 0 Å². The van der Waals surface area contributed by atoms with Crippen molar-refractivity contribution >= 4 is 41.2 Å². The van der Waals surface area contributed by atoms with Crippen LogP contribution in [0.25, 0.3) is 10.8 Å². The second kappa shape index (κ2) is 10.8. The summed E-state index contributed by atoms with van der Waals surface area (Å²) < 4.78 is 9.01. The van der Waals surface area contributed by atoms with Gasteiger partial charge in [-0.1, -0.05) is 106 Å². The smallest absolute Gasteiger partial charge is 0.261 e. The molecule has 4 aromatic carbocycles. The van der Waals surface area contributed by atoms with Crippen molar-refractivity contribution in [2.24, 2.45) is 7.05 Å². The second-order valence-corrected chi connectivity index (χ2v) is 16.0. The maximum atomic E-state index is 10.5. The molecule has 4 nitrogen and oxygen atoms in total. The maximum absolute atomic E-state index is 10.5. The topological polar surface area (TPSA) is 47.3 Å². The largest absolute Gasteiger partial charge is 0.507 e. The summed E-state index contributed by atoms with van der Waals surface area (Å²) in [5, 5.41) is 19.6. The molecule has 6 heteroatoms. The molecule has 0 spiro atoms. The molecule has 194 valence electrons. The van der Waals surface area contributed by atoms with Crippen LogP contribution in [0.2, 0.25) is 5.04 Å². The molecule has 1 N–H and O–H groups in total. The van der Waals surface area contributed by atoms with Gasteiger partial charge in [0.2, 0.25) is 0 Å². The highest BCUT2D eigenvalue weighted by Gasteiger charge is 2.50. The molecular weight excluding hydrogens is 505 g/mol. The highest BCUT2D eigenvalue weighted by atomic mass is 32.2. The van der Waals surface area contributed by atoms with Gasteiger partial charge in [-0.2, -0.15) is 5.10 Å². The van der Waals surface area contributed by atoms with Gasteiger partial charge < -0.3 is 9.53 Å². The molecule has 0 saturated carbocycles. The number of phenols is 1. The lowest BCUT2D eigenvalue weighted by Gasteiger charge is -2.42. The van der Waals surface area contributed by atoms with Crippen molar-refractivity contribution in [3.05, 3.63) is 115 Å². The Balaban J connectivity index is 1.39. The number of aromatic hydroxyl groups is 1. The Kier molecular flexibility index (Phi) is 7.48. The van der Waals surface area contributed by atoms with E-state index in [1.165, 1.54) is 10.4 Å². The molecular formula is C32H34N2O2SSi. The number of aromatic nitrogens is 2. The number of thioether (sulfide) groups is 1. The number of rotatable bonds is 8. The van der Waals surface area contributed by atoms with E-state index in [9.17, 15) is 5.11 Å². The van der Waals surface area contributed by atoms with Gasteiger partial charge in [0, 0.05) is 28.8 Å². The van der Waals surface area contributed by atoms with Gasteiger partial charge >= 0.3 is 0 Å². The summed E-state index contributed by atoms with van der Waals surface area (Å²) >= 11 is 1.70. The van der Waals surface area contributed by atoms with Crippen molar-refractivity contribution < 1.29 is 9.53 Å². The first kappa shape index (κ1) is 26.3. The highest BCUT2D eigenvalue weighted by Crippen LogP contribution is 2.37. The van der Waals surface area contributed by atoms with Crippen LogP contribution in [0.15, 0.2) is 108 Å². The lowest BCUT2D eigenvalue weighted by molar-refractivity contribution is 0.280. The molecule has 1 heterocycles. The Morgan fingerprint density at radius 3 is 2.08 bits per heavy atom. The minimum Gasteiger partial charge on any atom is -0.507 e. The quantitative estimate of drug-likeness (QED) is 0.178. The van der Waals surface area contributed by atoms with E-state index in [-0.39, 0.29) is 5.04 Å². The number of phenolic OH excluding ortho intramolecular Hbond substituents is 1. The van der Waals surface area contributed by atoms with E-state index in [4.69, 9.17) is 9.52 Å². The molecule has 0 atom stereocenters. The zero-order valence-corrected chi connectivity index (χ0v) is 24.2. The fourth-order valence-corrected chi connectivity index (χ4v) is 10.7. The molecule has 0 radical (unpaired) electrons. The molecule has 0 bridgehead atoms. The zero-order valence-electron chi connectivity index (χ0n) is 22.4. The van der Waals surface area contributed by atoms with Crippen LogP contribution in [0.4, 0.5) is 0 Å². The van der Waals surface area contributed by atoms with E-state index in [1.807, 2.05) is 42.1 Å². The van der Waals surface area contributed by atoms with Gasteiger partial charge in [0.05, 0.1) is 12.3 Å². The van der Waals surface area contributed by atoms with Gasteiger partial charge in [-0.05, 0) is 39.0 Å². The van der Waals surface area contributed by atoms with Crippen LogP contribution in [-0.2, 0) is 23.8 Å². The average Bonchev–Trinajstić information content (AvgIpc) is 3.27. The van der Waals surface area contributed by atoms with Gasteiger partial charge in [-0.3, -0.25) is 4.68 Å². The van der Waals surface area contributed by atoms with E-state index in [1.54, 1.807) is 11.8 Å². The normalized spacial score (nSPS) is 12.2. The van der Waals surface area contributed by atoms with E-state index in [0.717, 1.165) is 32.8 Å². The molecule has 0 aliphatic heterocycles. The summed E-state index contributed by atoms with van der Waals surface area (Å²) in [5.74, 6) is 1.07. The molecule has 1 aromatic heterocycles. The number of hydrogen-bond acceptors (Lipinski definition) is 4. The Morgan fingerprint density at radius 1 is 0.842 bits per heavy atom. The maximum Gasteiger partial charge on any atom is 0.261 e. The minimum absolute atomic E-state index is 0.0821. The molecule has 0 saturated heterocycles. The van der Waals surface area contributed by atoms with Gasteiger partial charge in [-0.25, -0.2) is 0 Å². The molecule has 0 fully saturated rings. The van der Waals surface area contributed by atoms with Crippen molar-refractivity contribution in [3.63, 3.8) is 0 Å². The van der Waals surface area contributed by atoms with Crippen molar-refractivity contribution in [1.82, 2.24) is 9.78 Å². The van der Waals surface area contributed by atoms with Crippen molar-refractivity contribution in [3.8, 4) is 5.75 Å². The van der Waals surface area contributed by atoms with Crippen molar-refractivity contribution in [2.45, 2.75) is 43.1 Å². The summed E-state index contributed by atoms with van der Waals surface area (Å²) in [7, 11) is -0.640. The molecule has 5 aromatic rings. The van der Waals surface area contributed by atoms with Crippen LogP contribution >= 0.6 is 11.8 Å². The average molecular weight is 539 g/mol. The van der Waals surface area contributed by atoms with E-state index in [0.29, 0.717) is 12.4 Å². The first-order valence-electron chi connectivity index (χ1n) is 12.9. The number of hydrogen-bond donors (Lipinski definition) is 1. The number of fused-ring (bicyclic) bond motifs is 1. The summed E-state index contributed by atoms with van der Waals surface area (Å²) in [5.41, 5.74) is 2.04. The molecule has 5 rings (SSSR count). The molecule has 0 unspecified atom stereocenters. The number of nitrogens with zero attached hydrogens (tertiary/aromatic N) is 2. The first-order chi connectivity index (χ1) is 18.3. The van der Waals surface area contributed by atoms with Crippen LogP contribution < -0.4 is 10.4 Å². The van der Waals surface area contributed by atoms with E-state index in [2.05, 4.69) is 93.6 Å². The van der Waals surface area contributed by atoms with Gasteiger partial charge in [-0.15, -0.1) is 11.8 Å². The Bertz CT molecular complexity index is 1490. The van der Waals surface area contributed by atoms with Crippen LogP contribution in [0.5, 0.6) is 5.75 Å². The van der Waals surface area contributed by atoms with Gasteiger partial charge in [0.25, 0.3) is 8.32 Å². The molecule has 0 aliphatic rings. The molecule has 0 amide bonds. The van der Waals surface area contributed by atoms with Crippen molar-refractivity contribution in [1.29, 1.82) is 0 Å². The van der Waals surface area contributed by atoms with Crippen LogP contribution in [0, 0.1) is 0 Å². The fourth-order valence-electron chi connectivity index (χ4n) is 5.23. The summed E-state index contributed by atoms with van der Waals surface area (Å²) in [6.07, 6.45) is 0. The van der Waals surface area contributed by atoms with Gasteiger partial charge in [0.15, 0.2) is 0 Å². The fraction of sp³-hybridized carbons (Fsp3) is 0.219. The number of aryl methyl sites for hydroxylation is 1. The minimum atomic E-state index is -2.63. The first-order valence-corrected chi connectivity index (χ1v) is 15.8. The Hall–Kier alpha value is -3.32. The lowest BCUT2D eigenvalue weighted by atomic mass is 10.1. The van der Waals surface area contributed by atoms with Crippen LogP contribution in [-0.4, -0.2) is 23.2 Å². The lowest BCUT2D eigenvalue weighted by Crippen LogP contribution is -2.66. The summed E-state index contributed by atoms with van der Waals surface area (Å²) in [6, 6.07) is 35.4. The third-order valence-electron chi connectivity index (χ3n) is 7.08. The van der Waals surface area contributed by atoms with E-state index >= 15 is 0 Å². The Morgan fingerprint density at radius 2 is 1.45 bits per heavy atom. The second-order valence-electron chi connectivity index (χ2n) is 10.7. The Labute approximate surface area is 230 Å². The third-order valence-corrected chi connectivity index (χ3v) is 13.1. The predicted octanol–water partition coefficient (Wildman–Crippen LogP) is 6.65. The highest BCUT2D eigenvalue weighted by molar-refractivity contribution is 7.98. The SMILES string of the molecule is Cn1nc(CO[Si](c2ccccc2)(c2ccccc2)C(C)(C)C)cc1CSc1cc(O)c2ccccc2c1. The summed E-state index contributed by atoms with van der Waals surface area (Å²) in [4.78, 5) is 1.03. The molecule has 38 heavy (non-hydrogen) atoms. The van der Waals surface area contributed by atoms with Gasteiger partial charge in [0.1, 0.15) is 5.75 Å². The van der Waals surface area contributed by atoms with Crippen LogP contribution in [0.3, 0.4) is 0 Å². The van der Waals surface area contributed by atoms with E-state index < -0.39 is 8.32 Å². The standard InChI is InChI=1S/C32H34N2O2SSi/c1-32(2,3)38(28-14-7-5-8-15-28,29-16-9-6-10-17-29)36-22-25-20-26(34(4)33-25)23-37-27-19-24-13-11-12-18-30(24)31(35)21-27/h5-21,35H,22-23H2,1-4H3. The number of benzene rings is 4.